The van der Waals surface area contributed by atoms with Gasteiger partial charge in [-0.05, 0) is 12.1 Å². The van der Waals surface area contributed by atoms with Gasteiger partial charge in [0.15, 0.2) is 6.10 Å². The number of ether oxygens (including phenoxy) is 1. The van der Waals surface area contributed by atoms with Crippen LogP contribution in [0, 0.1) is 0 Å². The Balaban J connectivity index is 2.63. The van der Waals surface area contributed by atoms with Crippen molar-refractivity contribution >= 4 is 17.7 Å². The van der Waals surface area contributed by atoms with Gasteiger partial charge in [-0.3, -0.25) is 4.90 Å². The van der Waals surface area contributed by atoms with Crippen LogP contribution in [-0.4, -0.2) is 49.0 Å². The van der Waals surface area contributed by atoms with Crippen LogP contribution < -0.4 is 15.0 Å². The van der Waals surface area contributed by atoms with Gasteiger partial charge in [-0.25, -0.2) is 9.59 Å². The third-order valence-electron chi connectivity index (χ3n) is 2.48. The summed E-state index contributed by atoms with van der Waals surface area (Å²) in [6.07, 6.45) is -1.62. The largest absolute Gasteiger partial charge is 0.497 e. The van der Waals surface area contributed by atoms with Crippen molar-refractivity contribution in [1.29, 1.82) is 0 Å². The van der Waals surface area contributed by atoms with Crippen LogP contribution in [0.25, 0.3) is 0 Å². The SMILES string of the molecule is COc1cccc(N(C)C(=O)NC[C@H](O)C(=O)O)c1. The molecule has 19 heavy (non-hydrogen) atoms. The number of hydrogen-bond acceptors (Lipinski definition) is 4. The van der Waals surface area contributed by atoms with Crippen molar-refractivity contribution in [1.82, 2.24) is 5.32 Å². The number of carbonyl (C=O) groups is 2. The monoisotopic (exact) mass is 268 g/mol. The number of hydrogen-bond donors (Lipinski definition) is 3. The van der Waals surface area contributed by atoms with Crippen LogP contribution >= 0.6 is 0 Å². The van der Waals surface area contributed by atoms with Gasteiger partial charge in [-0.15, -0.1) is 0 Å². The summed E-state index contributed by atoms with van der Waals surface area (Å²) < 4.78 is 5.04. The van der Waals surface area contributed by atoms with E-state index in [1.807, 2.05) is 0 Å². The molecule has 0 aliphatic carbocycles. The number of urea groups is 1. The topological polar surface area (TPSA) is 99.1 Å². The molecule has 0 aromatic heterocycles. The number of carboxylic acid groups (broad SMARTS) is 1. The van der Waals surface area contributed by atoms with Crippen molar-refractivity contribution in [3.63, 3.8) is 0 Å². The van der Waals surface area contributed by atoms with E-state index in [-0.39, 0.29) is 6.54 Å². The number of benzene rings is 1. The fraction of sp³-hybridized carbons (Fsp3) is 0.333. The smallest absolute Gasteiger partial charge is 0.334 e. The average Bonchev–Trinajstić information content (AvgIpc) is 2.43. The Hall–Kier alpha value is -2.28. The van der Waals surface area contributed by atoms with Crippen LogP contribution in [0.4, 0.5) is 10.5 Å². The van der Waals surface area contributed by atoms with E-state index in [9.17, 15) is 9.59 Å². The number of amides is 2. The minimum absolute atomic E-state index is 0.359. The number of carbonyl (C=O) groups excluding carboxylic acids is 1. The van der Waals surface area contributed by atoms with E-state index in [0.717, 1.165) is 0 Å². The summed E-state index contributed by atoms with van der Waals surface area (Å²) in [5.74, 6) is -0.785. The lowest BCUT2D eigenvalue weighted by Gasteiger charge is -2.19. The first kappa shape index (κ1) is 14.8. The van der Waals surface area contributed by atoms with Gasteiger partial charge >= 0.3 is 12.0 Å². The maximum Gasteiger partial charge on any atom is 0.334 e. The highest BCUT2D eigenvalue weighted by Gasteiger charge is 2.16. The number of nitrogens with one attached hydrogen (secondary N) is 1. The predicted molar refractivity (Wildman–Crippen MR) is 68.4 cm³/mol. The zero-order valence-corrected chi connectivity index (χ0v) is 10.7. The second-order valence-corrected chi connectivity index (χ2v) is 3.80. The minimum Gasteiger partial charge on any atom is -0.497 e. The second-order valence-electron chi connectivity index (χ2n) is 3.80. The van der Waals surface area contributed by atoms with Crippen LogP contribution in [0.3, 0.4) is 0 Å². The van der Waals surface area contributed by atoms with Crippen LogP contribution in [0.1, 0.15) is 0 Å². The van der Waals surface area contributed by atoms with Crippen LogP contribution in [-0.2, 0) is 4.79 Å². The van der Waals surface area contributed by atoms with E-state index in [1.54, 1.807) is 24.3 Å². The first-order valence-corrected chi connectivity index (χ1v) is 5.52. The molecule has 0 saturated heterocycles. The molecule has 1 aromatic carbocycles. The van der Waals surface area contributed by atoms with E-state index in [4.69, 9.17) is 14.9 Å². The van der Waals surface area contributed by atoms with E-state index in [0.29, 0.717) is 11.4 Å². The van der Waals surface area contributed by atoms with Gasteiger partial charge < -0.3 is 20.3 Å². The quantitative estimate of drug-likeness (QED) is 0.712. The molecule has 7 heteroatoms. The number of aliphatic carboxylic acids is 1. The van der Waals surface area contributed by atoms with E-state index in [1.165, 1.54) is 19.1 Å². The molecule has 0 unspecified atom stereocenters. The summed E-state index contributed by atoms with van der Waals surface area (Å²) in [5, 5.41) is 19.9. The second kappa shape index (κ2) is 6.60. The van der Waals surface area contributed by atoms with Gasteiger partial charge in [0, 0.05) is 18.8 Å². The Morgan fingerprint density at radius 1 is 1.47 bits per heavy atom. The Bertz CT molecular complexity index is 463. The fourth-order valence-corrected chi connectivity index (χ4v) is 1.33. The average molecular weight is 268 g/mol. The predicted octanol–water partition coefficient (Wildman–Crippen LogP) is 0.286. The van der Waals surface area contributed by atoms with Gasteiger partial charge in [0.2, 0.25) is 0 Å². The molecule has 0 spiro atoms. The number of aliphatic hydroxyl groups is 1. The van der Waals surface area contributed by atoms with E-state index < -0.39 is 18.1 Å². The van der Waals surface area contributed by atoms with Crippen molar-refractivity contribution in [2.45, 2.75) is 6.10 Å². The Labute approximate surface area is 110 Å². The molecule has 3 N–H and O–H groups in total. The lowest BCUT2D eigenvalue weighted by Crippen LogP contribution is -2.43. The van der Waals surface area contributed by atoms with Crippen LogP contribution in [0.2, 0.25) is 0 Å². The molecule has 0 aliphatic rings. The molecule has 1 aromatic rings. The van der Waals surface area contributed by atoms with Crippen molar-refractivity contribution in [3.05, 3.63) is 24.3 Å². The zero-order chi connectivity index (χ0) is 14.4. The lowest BCUT2D eigenvalue weighted by molar-refractivity contribution is -0.146. The molecule has 0 bridgehead atoms. The molecule has 0 radical (unpaired) electrons. The molecule has 2 amide bonds. The molecule has 0 heterocycles. The number of anilines is 1. The highest BCUT2D eigenvalue weighted by atomic mass is 16.5. The summed E-state index contributed by atoms with van der Waals surface area (Å²) in [6, 6.07) is 6.31. The van der Waals surface area contributed by atoms with Gasteiger partial charge in [-0.2, -0.15) is 0 Å². The van der Waals surface area contributed by atoms with Gasteiger partial charge in [-0.1, -0.05) is 6.07 Å². The maximum absolute atomic E-state index is 11.7. The molecule has 1 rings (SSSR count). The minimum atomic E-state index is -1.62. The van der Waals surface area contributed by atoms with Crippen molar-refractivity contribution in [2.75, 3.05) is 25.6 Å². The van der Waals surface area contributed by atoms with Crippen LogP contribution in [0.5, 0.6) is 5.75 Å². The van der Waals surface area contributed by atoms with Crippen molar-refractivity contribution in [2.24, 2.45) is 0 Å². The summed E-state index contributed by atoms with van der Waals surface area (Å²) >= 11 is 0. The molecule has 0 saturated carbocycles. The van der Waals surface area contributed by atoms with Crippen molar-refractivity contribution < 1.29 is 24.5 Å². The third-order valence-corrected chi connectivity index (χ3v) is 2.48. The molecule has 0 fully saturated rings. The Kier molecular flexibility index (Phi) is 5.13. The fourth-order valence-electron chi connectivity index (χ4n) is 1.33. The number of carboxylic acids is 1. The number of nitrogens with zero attached hydrogens (tertiary/aromatic N) is 1. The Morgan fingerprint density at radius 3 is 2.74 bits per heavy atom. The Morgan fingerprint density at radius 2 is 2.16 bits per heavy atom. The number of aliphatic hydroxyl groups excluding tert-OH is 1. The molecular formula is C12H16N2O5. The number of methoxy groups -OCH3 is 1. The highest BCUT2D eigenvalue weighted by molar-refractivity contribution is 5.91. The summed E-state index contributed by atoms with van der Waals surface area (Å²) in [7, 11) is 3.04. The molecule has 0 aliphatic heterocycles. The molecule has 104 valence electrons. The highest BCUT2D eigenvalue weighted by Crippen LogP contribution is 2.19. The summed E-state index contributed by atoms with van der Waals surface area (Å²) in [6.45, 7) is -0.359. The first-order chi connectivity index (χ1) is 8.95. The van der Waals surface area contributed by atoms with Gasteiger partial charge in [0.05, 0.1) is 13.7 Å². The van der Waals surface area contributed by atoms with E-state index >= 15 is 0 Å². The molecule has 7 nitrogen and oxygen atoms in total. The van der Waals surface area contributed by atoms with Crippen LogP contribution in [0.15, 0.2) is 24.3 Å². The van der Waals surface area contributed by atoms with Gasteiger partial charge in [0.1, 0.15) is 5.75 Å². The standard InChI is InChI=1S/C12H16N2O5/c1-14(8-4-3-5-9(6-8)19-2)12(18)13-7-10(15)11(16)17/h3-6,10,15H,7H2,1-2H3,(H,13,18)(H,16,17)/t10-/m0/s1. The van der Waals surface area contributed by atoms with Gasteiger partial charge in [0.25, 0.3) is 0 Å². The molecular weight excluding hydrogens is 252 g/mol. The maximum atomic E-state index is 11.7. The lowest BCUT2D eigenvalue weighted by atomic mass is 10.3. The summed E-state index contributed by atoms with van der Waals surface area (Å²) in [4.78, 5) is 23.4. The van der Waals surface area contributed by atoms with Crippen molar-refractivity contribution in [3.8, 4) is 5.75 Å². The zero-order valence-electron chi connectivity index (χ0n) is 10.7. The van der Waals surface area contributed by atoms with E-state index in [2.05, 4.69) is 5.32 Å². The number of rotatable bonds is 5. The first-order valence-electron chi connectivity index (χ1n) is 5.52. The summed E-state index contributed by atoms with van der Waals surface area (Å²) in [5.41, 5.74) is 0.585. The third kappa shape index (κ3) is 4.14. The normalized spacial score (nSPS) is 11.5. The molecule has 1 atom stereocenters.